The van der Waals surface area contributed by atoms with Crippen LogP contribution in [0.15, 0.2) is 77.8 Å². The molecule has 19 nitrogen and oxygen atoms in total. The number of nitrogens with zero attached hydrogens (tertiary/aromatic N) is 7. The number of anilines is 4. The van der Waals surface area contributed by atoms with Crippen LogP contribution in [0, 0.1) is 15.5 Å². The van der Waals surface area contributed by atoms with E-state index in [0.717, 1.165) is 81.8 Å². The Morgan fingerprint density at radius 3 is 2.47 bits per heavy atom. The number of ether oxygens (including phenoxy) is 4. The zero-order chi connectivity index (χ0) is 51.5. The lowest BCUT2D eigenvalue weighted by atomic mass is 9.59. The standard InChI is InChI=1S/C56H66N10O9S/c1-34-27-61(19-20-63(34)40-30-72-31-40)28-37-29-74-50-24-41(23-47(66(68)69)52(50)58-37)76(70,71)60-54(67)44-11-10-38(22-46(44)65-48-21-36-12-15-57-53(36)59-55(48)75-51-33-73-32-49(51)65)62-17-13-56(14-18-62)25-39(26-56)64-16-4-7-45(64)43-6-3-2-5-42(43)35-8-9-35/h2-3,5-6,10-12,15,21-24,34-35,37,39-40,45,49,51,58H,4,7-9,13-14,16-20,25-33H2,1H3,(H,57,59)(H,60,67)/t34-,37+,45+,49+,51-/m1/s1. The molecule has 5 aromatic rings. The summed E-state index contributed by atoms with van der Waals surface area (Å²) in [5.41, 5.74) is 5.85. The van der Waals surface area contributed by atoms with Crippen molar-refractivity contribution < 1.29 is 37.1 Å². The molecule has 5 saturated heterocycles. The number of amides is 1. The van der Waals surface area contributed by atoms with Gasteiger partial charge in [0.25, 0.3) is 21.6 Å². The fraction of sp³-hybridized carbons (Fsp3) is 0.536. The molecule has 400 valence electrons. The quantitative estimate of drug-likeness (QED) is 0.0858. The van der Waals surface area contributed by atoms with Crippen molar-refractivity contribution in [2.45, 2.75) is 111 Å². The number of nitro groups is 1. The zero-order valence-corrected chi connectivity index (χ0v) is 43.7. The van der Waals surface area contributed by atoms with E-state index in [1.807, 2.05) is 35.4 Å². The van der Waals surface area contributed by atoms with Crippen molar-refractivity contribution in [3.8, 4) is 11.6 Å². The number of piperidine rings is 1. The predicted molar refractivity (Wildman–Crippen MR) is 286 cm³/mol. The number of carbonyl (C=O) groups excluding carboxylic acids is 1. The number of aromatic amines is 1. The molecule has 2 aliphatic carbocycles. The Balaban J connectivity index is 0.720. The number of sulfonamides is 1. The maximum absolute atomic E-state index is 14.8. The molecule has 3 aromatic carbocycles. The van der Waals surface area contributed by atoms with Crippen molar-refractivity contribution in [1.29, 1.82) is 0 Å². The SMILES string of the molecule is C[C@@H]1CN(C[C@H]2COc3cc(S(=O)(=O)NC(=O)c4ccc(N5CCC6(CC5)CC(N5CCC[C@H]5c5ccccc5C5CC5)C6)cc4N4c5cc6cc[nH]c6nc5O[C@@H]5COC[C@@H]54)cc([N+](=O)[O-])c3N2)CCN1C1COC1. The minimum atomic E-state index is -4.70. The Morgan fingerprint density at radius 2 is 1.70 bits per heavy atom. The third-order valence-corrected chi connectivity index (χ3v) is 19.7. The zero-order valence-electron chi connectivity index (χ0n) is 42.9. The van der Waals surface area contributed by atoms with E-state index in [-0.39, 0.29) is 35.7 Å². The van der Waals surface area contributed by atoms with Crippen LogP contribution in [-0.4, -0.2) is 159 Å². The first-order valence-corrected chi connectivity index (χ1v) is 29.0. The van der Waals surface area contributed by atoms with Crippen LogP contribution in [-0.2, 0) is 19.5 Å². The molecule has 7 aliphatic heterocycles. The number of nitro benzene ring substituents is 1. The largest absolute Gasteiger partial charge is 0.489 e. The first kappa shape index (κ1) is 48.3. The third-order valence-electron chi connectivity index (χ3n) is 18.4. The van der Waals surface area contributed by atoms with Gasteiger partial charge in [-0.05, 0) is 118 Å². The van der Waals surface area contributed by atoms with Crippen LogP contribution in [0.1, 0.15) is 91.7 Å². The minimum Gasteiger partial charge on any atom is -0.489 e. The van der Waals surface area contributed by atoms with Crippen LogP contribution in [0.3, 0.4) is 0 Å². The van der Waals surface area contributed by atoms with Crippen molar-refractivity contribution in [3.63, 3.8) is 0 Å². The molecule has 1 spiro atoms. The van der Waals surface area contributed by atoms with Crippen LogP contribution >= 0.6 is 0 Å². The highest BCUT2D eigenvalue weighted by atomic mass is 32.2. The first-order valence-electron chi connectivity index (χ1n) is 27.5. The number of fused-ring (bicyclic) bond motifs is 4. The van der Waals surface area contributed by atoms with E-state index < -0.39 is 37.5 Å². The second-order valence-electron chi connectivity index (χ2n) is 23.1. The Morgan fingerprint density at radius 1 is 0.882 bits per heavy atom. The van der Waals surface area contributed by atoms with Gasteiger partial charge in [-0.2, -0.15) is 4.98 Å². The van der Waals surface area contributed by atoms with Gasteiger partial charge in [-0.1, -0.05) is 24.3 Å². The molecule has 2 aromatic heterocycles. The lowest BCUT2D eigenvalue weighted by molar-refractivity contribution is -0.384. The summed E-state index contributed by atoms with van der Waals surface area (Å²) >= 11 is 0. The van der Waals surface area contributed by atoms with Crippen molar-refractivity contribution in [3.05, 3.63) is 99.7 Å². The van der Waals surface area contributed by atoms with Gasteiger partial charge in [0.2, 0.25) is 5.88 Å². The summed E-state index contributed by atoms with van der Waals surface area (Å²) in [6.45, 7) is 10.5. The fourth-order valence-corrected chi connectivity index (χ4v) is 15.2. The highest BCUT2D eigenvalue weighted by Gasteiger charge is 2.51. The molecule has 14 rings (SSSR count). The van der Waals surface area contributed by atoms with Gasteiger partial charge in [0.15, 0.2) is 11.4 Å². The number of carbonyl (C=O) groups is 1. The van der Waals surface area contributed by atoms with Gasteiger partial charge in [-0.3, -0.25) is 29.6 Å². The molecule has 3 N–H and O–H groups in total. The highest BCUT2D eigenvalue weighted by molar-refractivity contribution is 7.90. The summed E-state index contributed by atoms with van der Waals surface area (Å²) in [6, 6.07) is 22.2. The van der Waals surface area contributed by atoms with Gasteiger partial charge >= 0.3 is 0 Å². The van der Waals surface area contributed by atoms with Crippen molar-refractivity contribution in [2.24, 2.45) is 5.41 Å². The molecular formula is C56H66N10O9S. The average Bonchev–Trinajstić information content (AvgIpc) is 3.71. The van der Waals surface area contributed by atoms with Gasteiger partial charge in [0.1, 0.15) is 24.0 Å². The maximum atomic E-state index is 14.8. The Labute approximate surface area is 442 Å². The van der Waals surface area contributed by atoms with Gasteiger partial charge < -0.3 is 39.0 Å². The number of pyridine rings is 1. The minimum absolute atomic E-state index is 0.0304. The molecular weight excluding hydrogens is 989 g/mol. The highest BCUT2D eigenvalue weighted by Crippen LogP contribution is 2.55. The number of likely N-dealkylation sites (tertiary alicyclic amines) is 1. The van der Waals surface area contributed by atoms with E-state index in [4.69, 9.17) is 23.9 Å². The molecule has 7 fully saturated rings. The summed E-state index contributed by atoms with van der Waals surface area (Å²) in [7, 11) is -4.70. The number of hydrogen-bond donors (Lipinski definition) is 3. The van der Waals surface area contributed by atoms with Gasteiger partial charge in [0.05, 0.1) is 65.6 Å². The summed E-state index contributed by atoms with van der Waals surface area (Å²) in [5, 5.41) is 16.8. The van der Waals surface area contributed by atoms with E-state index in [0.29, 0.717) is 72.2 Å². The number of benzene rings is 3. The lowest BCUT2D eigenvalue weighted by Gasteiger charge is -2.56. The molecule has 0 radical (unpaired) electrons. The topological polar surface area (TPSA) is 200 Å². The summed E-state index contributed by atoms with van der Waals surface area (Å²) in [4.78, 5) is 46.5. The smallest absolute Gasteiger partial charge is 0.297 e. The number of rotatable bonds is 12. The van der Waals surface area contributed by atoms with Crippen LogP contribution in [0.2, 0.25) is 0 Å². The molecule has 1 amide bonds. The summed E-state index contributed by atoms with van der Waals surface area (Å²) < 4.78 is 55.2. The molecule has 0 unspecified atom stereocenters. The molecule has 9 aliphatic rings. The van der Waals surface area contributed by atoms with Crippen LogP contribution < -0.4 is 29.3 Å². The number of nitrogens with one attached hydrogen (secondary N) is 3. The predicted octanol–water partition coefficient (Wildman–Crippen LogP) is 6.93. The van der Waals surface area contributed by atoms with E-state index in [9.17, 15) is 23.3 Å². The van der Waals surface area contributed by atoms with Crippen molar-refractivity contribution >= 4 is 55.4 Å². The fourth-order valence-electron chi connectivity index (χ4n) is 14.2. The summed E-state index contributed by atoms with van der Waals surface area (Å²) in [5.74, 6) is 0.245. The number of hydrogen-bond acceptors (Lipinski definition) is 16. The van der Waals surface area contributed by atoms with E-state index in [2.05, 4.69) is 65.8 Å². The Hall–Kier alpha value is -6.03. The van der Waals surface area contributed by atoms with Crippen molar-refractivity contribution in [2.75, 3.05) is 94.0 Å². The average molecular weight is 1060 g/mol. The van der Waals surface area contributed by atoms with Crippen LogP contribution in [0.25, 0.3) is 11.0 Å². The van der Waals surface area contributed by atoms with E-state index >= 15 is 0 Å². The first-order chi connectivity index (χ1) is 36.9. The molecule has 9 heterocycles. The maximum Gasteiger partial charge on any atom is 0.297 e. The monoisotopic (exact) mass is 1050 g/mol. The van der Waals surface area contributed by atoms with Gasteiger partial charge in [0, 0.05) is 86.8 Å². The summed E-state index contributed by atoms with van der Waals surface area (Å²) in [6.07, 6.45) is 11.0. The number of aromatic nitrogens is 2. The van der Waals surface area contributed by atoms with Crippen molar-refractivity contribution in [1.82, 2.24) is 29.4 Å². The second-order valence-corrected chi connectivity index (χ2v) is 24.8. The Bertz CT molecular complexity index is 3200. The second kappa shape index (κ2) is 18.9. The lowest BCUT2D eigenvalue weighted by Crippen LogP contribution is -2.61. The normalized spacial score (nSPS) is 26.9. The van der Waals surface area contributed by atoms with Gasteiger partial charge in [-0.25, -0.2) is 13.1 Å². The molecule has 20 heteroatoms. The van der Waals surface area contributed by atoms with E-state index in [1.54, 1.807) is 17.2 Å². The van der Waals surface area contributed by atoms with Crippen LogP contribution in [0.4, 0.5) is 28.4 Å². The number of H-pyrrole nitrogens is 1. The third kappa shape index (κ3) is 8.63. The van der Waals surface area contributed by atoms with Gasteiger partial charge in [-0.15, -0.1) is 0 Å². The molecule has 76 heavy (non-hydrogen) atoms. The van der Waals surface area contributed by atoms with E-state index in [1.165, 1.54) is 51.1 Å². The Kier molecular flexibility index (Phi) is 12.0. The van der Waals surface area contributed by atoms with Crippen LogP contribution in [0.5, 0.6) is 11.6 Å². The number of piperazine rings is 1. The molecule has 0 bridgehead atoms. The molecule has 5 atom stereocenters. The molecule has 2 saturated carbocycles.